The number of carbonyl (C=O) groups excluding carboxylic acids is 1. The maximum absolute atomic E-state index is 11.9. The summed E-state index contributed by atoms with van der Waals surface area (Å²) in [5, 5.41) is 3.07. The van der Waals surface area contributed by atoms with Crippen molar-refractivity contribution in [2.75, 3.05) is 6.54 Å². The van der Waals surface area contributed by atoms with Crippen molar-refractivity contribution in [2.45, 2.75) is 0 Å². The highest BCUT2D eigenvalue weighted by atomic mass is 35.5. The van der Waals surface area contributed by atoms with E-state index in [1.54, 1.807) is 6.08 Å². The van der Waals surface area contributed by atoms with Crippen LogP contribution in [-0.2, 0) is 4.79 Å². The van der Waals surface area contributed by atoms with E-state index in [0.717, 1.165) is 11.2 Å². The third-order valence-corrected chi connectivity index (χ3v) is 3.55. The van der Waals surface area contributed by atoms with Gasteiger partial charge in [0.05, 0.1) is 12.2 Å². The van der Waals surface area contributed by atoms with E-state index in [4.69, 9.17) is 11.6 Å². The highest BCUT2D eigenvalue weighted by Gasteiger charge is 2.06. The Morgan fingerprint density at radius 2 is 2.00 bits per heavy atom. The molecule has 3 rings (SSSR count). The Bertz CT molecular complexity index is 949. The van der Waals surface area contributed by atoms with Gasteiger partial charge in [-0.1, -0.05) is 47.7 Å². The molecule has 1 N–H and O–H groups in total. The van der Waals surface area contributed by atoms with Gasteiger partial charge in [-0.2, -0.15) is 0 Å². The van der Waals surface area contributed by atoms with Crippen LogP contribution in [0.15, 0.2) is 60.8 Å². The molecular formula is C19H14ClN3O. The quantitative estimate of drug-likeness (QED) is 0.590. The number of carbonyl (C=O) groups is 1. The molecule has 118 valence electrons. The third kappa shape index (κ3) is 3.83. The van der Waals surface area contributed by atoms with Crippen molar-refractivity contribution in [3.8, 4) is 11.8 Å². The fraction of sp³-hybridized carbons (Fsp3) is 0.0526. The largest absolute Gasteiger partial charge is 0.342 e. The summed E-state index contributed by atoms with van der Waals surface area (Å²) < 4.78 is 1.82. The Morgan fingerprint density at radius 3 is 2.83 bits per heavy atom. The molecule has 0 unspecified atom stereocenters. The molecule has 0 fully saturated rings. The molecule has 0 saturated carbocycles. The first-order valence-corrected chi connectivity index (χ1v) is 7.74. The van der Waals surface area contributed by atoms with Gasteiger partial charge in [-0.05, 0) is 30.3 Å². The summed E-state index contributed by atoms with van der Waals surface area (Å²) in [5.74, 6) is 5.65. The molecule has 3 aromatic rings. The van der Waals surface area contributed by atoms with Gasteiger partial charge in [0.2, 0.25) is 5.91 Å². The van der Waals surface area contributed by atoms with E-state index in [1.165, 1.54) is 6.08 Å². The first-order valence-electron chi connectivity index (χ1n) is 7.36. The van der Waals surface area contributed by atoms with Gasteiger partial charge in [0.25, 0.3) is 0 Å². The minimum atomic E-state index is -0.237. The average molecular weight is 336 g/mol. The number of aromatic nitrogens is 2. The third-order valence-electron chi connectivity index (χ3n) is 3.27. The zero-order chi connectivity index (χ0) is 16.8. The van der Waals surface area contributed by atoms with E-state index < -0.39 is 0 Å². The lowest BCUT2D eigenvalue weighted by Crippen LogP contribution is -2.20. The summed E-state index contributed by atoms with van der Waals surface area (Å²) in [6.45, 7) is 0.277. The summed E-state index contributed by atoms with van der Waals surface area (Å²) in [6.07, 6.45) is 4.91. The molecule has 0 aliphatic heterocycles. The lowest BCUT2D eigenvalue weighted by atomic mass is 10.2. The second kappa shape index (κ2) is 7.49. The molecule has 1 aromatic carbocycles. The maximum atomic E-state index is 11.9. The smallest absolute Gasteiger partial charge is 0.244 e. The van der Waals surface area contributed by atoms with Crippen LogP contribution in [0.25, 0.3) is 11.7 Å². The highest BCUT2D eigenvalue weighted by Crippen LogP contribution is 2.18. The van der Waals surface area contributed by atoms with E-state index in [1.807, 2.05) is 59.1 Å². The molecule has 2 heterocycles. The number of halogens is 1. The van der Waals surface area contributed by atoms with Gasteiger partial charge in [0.1, 0.15) is 5.65 Å². The highest BCUT2D eigenvalue weighted by molar-refractivity contribution is 6.31. The minimum Gasteiger partial charge on any atom is -0.342 e. The summed E-state index contributed by atoms with van der Waals surface area (Å²) in [5.41, 5.74) is 2.31. The molecule has 5 heteroatoms. The molecule has 0 saturated heterocycles. The van der Waals surface area contributed by atoms with Crippen LogP contribution in [0.5, 0.6) is 0 Å². The molecule has 0 spiro atoms. The number of nitrogens with zero attached hydrogens (tertiary/aromatic N) is 2. The first kappa shape index (κ1) is 15.9. The molecule has 0 aliphatic rings. The molecule has 2 aromatic heterocycles. The van der Waals surface area contributed by atoms with Gasteiger partial charge < -0.3 is 5.32 Å². The standard InChI is InChI=1S/C19H14ClN3O/c20-19-16(23-14-5-4-10-17(23)22-19)11-12-18(24)21-13-6-9-15-7-2-1-3-8-15/h1-5,7-8,10-12,14H,13H2,(H,21,24). The van der Waals surface area contributed by atoms with Crippen LogP contribution in [0.3, 0.4) is 0 Å². The van der Waals surface area contributed by atoms with Crippen molar-refractivity contribution in [3.63, 3.8) is 0 Å². The van der Waals surface area contributed by atoms with Crippen LogP contribution in [0.2, 0.25) is 5.15 Å². The zero-order valence-corrected chi connectivity index (χ0v) is 13.5. The summed E-state index contributed by atoms with van der Waals surface area (Å²) in [4.78, 5) is 16.1. The number of benzene rings is 1. The fourth-order valence-electron chi connectivity index (χ4n) is 2.15. The topological polar surface area (TPSA) is 46.4 Å². The first-order chi connectivity index (χ1) is 11.7. The van der Waals surface area contributed by atoms with Gasteiger partial charge >= 0.3 is 0 Å². The van der Waals surface area contributed by atoms with Gasteiger partial charge in [-0.3, -0.25) is 9.20 Å². The van der Waals surface area contributed by atoms with Crippen LogP contribution in [0, 0.1) is 11.8 Å². The SMILES string of the molecule is O=C(C=Cc1c(Cl)nc2ccccn12)NCC#Cc1ccccc1. The van der Waals surface area contributed by atoms with Crippen LogP contribution >= 0.6 is 11.6 Å². The lowest BCUT2D eigenvalue weighted by Gasteiger charge is -1.97. The van der Waals surface area contributed by atoms with Crippen molar-refractivity contribution in [1.29, 1.82) is 0 Å². The monoisotopic (exact) mass is 335 g/mol. The Balaban J connectivity index is 1.61. The van der Waals surface area contributed by atoms with Crippen LogP contribution < -0.4 is 5.32 Å². The summed E-state index contributed by atoms with van der Waals surface area (Å²) in [7, 11) is 0. The molecule has 0 bridgehead atoms. The Kier molecular flexibility index (Phi) is 4.95. The number of amides is 1. The number of fused-ring (bicyclic) bond motifs is 1. The molecule has 1 amide bonds. The second-order valence-corrected chi connectivity index (χ2v) is 5.29. The molecule has 0 radical (unpaired) electrons. The number of rotatable bonds is 3. The zero-order valence-electron chi connectivity index (χ0n) is 12.7. The number of pyridine rings is 1. The van der Waals surface area contributed by atoms with Crippen LogP contribution in [0.4, 0.5) is 0 Å². The Labute approximate surface area is 144 Å². The number of nitrogens with one attached hydrogen (secondary N) is 1. The normalized spacial score (nSPS) is 10.5. The van der Waals surface area contributed by atoms with Crippen molar-refractivity contribution >= 4 is 29.2 Å². The van der Waals surface area contributed by atoms with Crippen molar-refractivity contribution in [3.05, 3.63) is 77.2 Å². The van der Waals surface area contributed by atoms with E-state index in [9.17, 15) is 4.79 Å². The predicted molar refractivity (Wildman–Crippen MR) is 95.6 cm³/mol. The minimum absolute atomic E-state index is 0.237. The molecule has 4 nitrogen and oxygen atoms in total. The number of hydrogen-bond acceptors (Lipinski definition) is 2. The van der Waals surface area contributed by atoms with E-state index in [2.05, 4.69) is 22.1 Å². The van der Waals surface area contributed by atoms with Gasteiger partial charge in [0, 0.05) is 17.8 Å². The van der Waals surface area contributed by atoms with Gasteiger partial charge in [-0.15, -0.1) is 0 Å². The van der Waals surface area contributed by atoms with E-state index in [0.29, 0.717) is 10.8 Å². The summed E-state index contributed by atoms with van der Waals surface area (Å²) in [6, 6.07) is 15.2. The number of hydrogen-bond donors (Lipinski definition) is 1. The average Bonchev–Trinajstić information content (AvgIpc) is 2.93. The predicted octanol–water partition coefficient (Wildman–Crippen LogP) is 3.17. The lowest BCUT2D eigenvalue weighted by molar-refractivity contribution is -0.116. The van der Waals surface area contributed by atoms with Gasteiger partial charge in [-0.25, -0.2) is 4.98 Å². The fourth-order valence-corrected chi connectivity index (χ4v) is 2.39. The molecule has 0 aliphatic carbocycles. The Morgan fingerprint density at radius 1 is 1.21 bits per heavy atom. The Hall–Kier alpha value is -3.03. The van der Waals surface area contributed by atoms with Crippen molar-refractivity contribution in [2.24, 2.45) is 0 Å². The molecular weight excluding hydrogens is 322 g/mol. The van der Waals surface area contributed by atoms with Crippen LogP contribution in [-0.4, -0.2) is 21.8 Å². The van der Waals surface area contributed by atoms with Crippen molar-refractivity contribution in [1.82, 2.24) is 14.7 Å². The summed E-state index contributed by atoms with van der Waals surface area (Å²) >= 11 is 6.11. The van der Waals surface area contributed by atoms with E-state index in [-0.39, 0.29) is 12.5 Å². The van der Waals surface area contributed by atoms with E-state index >= 15 is 0 Å². The van der Waals surface area contributed by atoms with Crippen molar-refractivity contribution < 1.29 is 4.79 Å². The van der Waals surface area contributed by atoms with Crippen LogP contribution in [0.1, 0.15) is 11.3 Å². The van der Waals surface area contributed by atoms with Gasteiger partial charge in [0.15, 0.2) is 5.15 Å². The second-order valence-electron chi connectivity index (χ2n) is 4.94. The maximum Gasteiger partial charge on any atom is 0.244 e. The molecule has 0 atom stereocenters. The number of imidazole rings is 1. The molecule has 24 heavy (non-hydrogen) atoms.